The summed E-state index contributed by atoms with van der Waals surface area (Å²) in [5, 5.41) is 10.9. The molecular weight excluding hydrogens is 259 g/mol. The molecule has 1 aliphatic rings. The van der Waals surface area contributed by atoms with E-state index in [4.69, 9.17) is 23.2 Å². The molecule has 0 atom stereocenters. The molecule has 0 unspecified atom stereocenters. The first-order valence-electron chi connectivity index (χ1n) is 5.46. The lowest BCUT2D eigenvalue weighted by atomic mass is 9.92. The van der Waals surface area contributed by atoms with Crippen molar-refractivity contribution in [2.45, 2.75) is 25.7 Å². The van der Waals surface area contributed by atoms with Crippen molar-refractivity contribution in [1.82, 2.24) is 0 Å². The Hall–Kier alpha value is -0.990. The Labute approximate surface area is 110 Å². The molecule has 0 fully saturated rings. The molecule has 0 spiro atoms. The molecule has 0 radical (unpaired) electrons. The summed E-state index contributed by atoms with van der Waals surface area (Å²) < 4.78 is 0. The predicted molar refractivity (Wildman–Crippen MR) is 68.7 cm³/mol. The molecule has 1 aromatic carbocycles. The largest absolute Gasteiger partial charge is 0.504 e. The summed E-state index contributed by atoms with van der Waals surface area (Å²) in [5.74, 6) is -0.251. The van der Waals surface area contributed by atoms with E-state index in [1.807, 2.05) is 6.07 Å². The van der Waals surface area contributed by atoms with E-state index >= 15 is 0 Å². The van der Waals surface area contributed by atoms with E-state index in [0.717, 1.165) is 24.0 Å². The zero-order valence-corrected chi connectivity index (χ0v) is 10.7. The van der Waals surface area contributed by atoms with Crippen LogP contribution in [0.4, 0.5) is 0 Å². The van der Waals surface area contributed by atoms with Gasteiger partial charge in [0, 0.05) is 16.5 Å². The number of halogens is 2. The van der Waals surface area contributed by atoms with Gasteiger partial charge in [0.15, 0.2) is 11.5 Å². The Morgan fingerprint density at radius 3 is 2.71 bits per heavy atom. The van der Waals surface area contributed by atoms with Gasteiger partial charge in [0.2, 0.25) is 0 Å². The highest BCUT2D eigenvalue weighted by molar-refractivity contribution is 6.35. The molecule has 0 aliphatic heterocycles. The topological polar surface area (TPSA) is 37.3 Å². The van der Waals surface area contributed by atoms with E-state index in [9.17, 15) is 9.90 Å². The number of carbonyl (C=O) groups excluding carboxylic acids is 1. The van der Waals surface area contributed by atoms with Crippen LogP contribution in [-0.4, -0.2) is 10.9 Å². The van der Waals surface area contributed by atoms with Gasteiger partial charge in [-0.15, -0.1) is 0 Å². The lowest BCUT2D eigenvalue weighted by Gasteiger charge is -2.15. The molecule has 0 saturated heterocycles. The van der Waals surface area contributed by atoms with Crippen LogP contribution in [0, 0.1) is 0 Å². The maximum atomic E-state index is 11.4. The summed E-state index contributed by atoms with van der Waals surface area (Å²) in [4.78, 5) is 11.4. The van der Waals surface area contributed by atoms with Crippen molar-refractivity contribution in [3.8, 4) is 0 Å². The standard InChI is InChI=1S/C13H12Cl2O2/c14-10-5-4-8(11(15)7-10)6-9-2-1-3-12(16)13(9)17/h4-5,7,17H,1-3,6H2. The van der Waals surface area contributed by atoms with Crippen LogP contribution in [0.3, 0.4) is 0 Å². The van der Waals surface area contributed by atoms with Crippen LogP contribution in [0.1, 0.15) is 24.8 Å². The fourth-order valence-electron chi connectivity index (χ4n) is 1.96. The van der Waals surface area contributed by atoms with Gasteiger partial charge in [0.1, 0.15) is 0 Å². The van der Waals surface area contributed by atoms with Gasteiger partial charge >= 0.3 is 0 Å². The lowest BCUT2D eigenvalue weighted by Crippen LogP contribution is -2.12. The van der Waals surface area contributed by atoms with E-state index in [2.05, 4.69) is 0 Å². The maximum Gasteiger partial charge on any atom is 0.197 e. The summed E-state index contributed by atoms with van der Waals surface area (Å²) in [6.45, 7) is 0. The minimum atomic E-state index is -0.170. The third kappa shape index (κ3) is 2.82. The third-order valence-electron chi connectivity index (χ3n) is 2.90. The van der Waals surface area contributed by atoms with Gasteiger partial charge in [0.05, 0.1) is 0 Å². The monoisotopic (exact) mass is 270 g/mol. The van der Waals surface area contributed by atoms with E-state index in [-0.39, 0.29) is 11.5 Å². The minimum Gasteiger partial charge on any atom is -0.504 e. The molecule has 0 amide bonds. The number of benzene rings is 1. The van der Waals surface area contributed by atoms with Crippen molar-refractivity contribution in [1.29, 1.82) is 0 Å². The zero-order chi connectivity index (χ0) is 12.4. The van der Waals surface area contributed by atoms with Crippen molar-refractivity contribution < 1.29 is 9.90 Å². The molecule has 0 saturated carbocycles. The Bertz CT molecular complexity index is 492. The average molecular weight is 271 g/mol. The summed E-state index contributed by atoms with van der Waals surface area (Å²) in [6.07, 6.45) is 2.48. The molecule has 2 rings (SSSR count). The van der Waals surface area contributed by atoms with Gasteiger partial charge in [-0.3, -0.25) is 4.79 Å². The van der Waals surface area contributed by atoms with Crippen molar-refractivity contribution >= 4 is 29.0 Å². The fourth-order valence-corrected chi connectivity index (χ4v) is 2.44. The molecule has 0 bridgehead atoms. The van der Waals surface area contributed by atoms with Gasteiger partial charge in [-0.2, -0.15) is 0 Å². The van der Waals surface area contributed by atoms with Gasteiger partial charge < -0.3 is 5.11 Å². The van der Waals surface area contributed by atoms with E-state index in [0.29, 0.717) is 22.9 Å². The normalized spacial score (nSPS) is 16.5. The van der Waals surface area contributed by atoms with E-state index in [1.165, 1.54) is 0 Å². The second-order valence-electron chi connectivity index (χ2n) is 4.14. The van der Waals surface area contributed by atoms with Crippen molar-refractivity contribution in [3.63, 3.8) is 0 Å². The van der Waals surface area contributed by atoms with E-state index < -0.39 is 0 Å². The van der Waals surface area contributed by atoms with Crippen molar-refractivity contribution in [2.75, 3.05) is 0 Å². The number of rotatable bonds is 2. The third-order valence-corrected chi connectivity index (χ3v) is 3.49. The average Bonchev–Trinajstić information content (AvgIpc) is 2.28. The maximum absolute atomic E-state index is 11.4. The molecule has 0 heterocycles. The SMILES string of the molecule is O=C1CCCC(Cc2ccc(Cl)cc2Cl)=C1O. The van der Waals surface area contributed by atoms with Crippen LogP contribution in [0.25, 0.3) is 0 Å². The first-order chi connectivity index (χ1) is 8.08. The molecule has 1 N–H and O–H groups in total. The van der Waals surface area contributed by atoms with Gasteiger partial charge in [-0.25, -0.2) is 0 Å². The zero-order valence-electron chi connectivity index (χ0n) is 9.17. The first kappa shape index (κ1) is 12.5. The number of carbonyl (C=O) groups is 1. The first-order valence-corrected chi connectivity index (χ1v) is 6.21. The highest BCUT2D eigenvalue weighted by Crippen LogP contribution is 2.28. The number of aliphatic hydroxyl groups is 1. The second kappa shape index (κ2) is 5.11. The quantitative estimate of drug-likeness (QED) is 0.879. The molecule has 0 aromatic heterocycles. The number of hydrogen-bond donors (Lipinski definition) is 1. The Morgan fingerprint density at radius 2 is 2.00 bits per heavy atom. The highest BCUT2D eigenvalue weighted by Gasteiger charge is 2.20. The number of Topliss-reactive ketones (excluding diaryl/α,β-unsaturated/α-hetero) is 1. The van der Waals surface area contributed by atoms with Gasteiger partial charge in [-0.1, -0.05) is 29.3 Å². The fraction of sp³-hybridized carbons (Fsp3) is 0.308. The summed E-state index contributed by atoms with van der Waals surface area (Å²) in [6, 6.07) is 5.25. The second-order valence-corrected chi connectivity index (χ2v) is 4.99. The Balaban J connectivity index is 2.26. The van der Waals surface area contributed by atoms with Gasteiger partial charge in [0.25, 0.3) is 0 Å². The number of allylic oxidation sites excluding steroid dienone is 2. The number of ketones is 1. The van der Waals surface area contributed by atoms with Crippen molar-refractivity contribution in [3.05, 3.63) is 45.1 Å². The Kier molecular flexibility index (Phi) is 3.75. The molecule has 1 aromatic rings. The molecule has 4 heteroatoms. The molecular formula is C13H12Cl2O2. The lowest BCUT2D eigenvalue weighted by molar-refractivity contribution is -0.118. The van der Waals surface area contributed by atoms with Crippen LogP contribution < -0.4 is 0 Å². The molecule has 1 aliphatic carbocycles. The smallest absolute Gasteiger partial charge is 0.197 e. The number of aliphatic hydroxyl groups excluding tert-OH is 1. The molecule has 90 valence electrons. The minimum absolute atomic E-state index is 0.0812. The summed E-state index contributed by atoms with van der Waals surface area (Å²) in [7, 11) is 0. The van der Waals surface area contributed by atoms with Crippen LogP contribution in [0.5, 0.6) is 0 Å². The van der Waals surface area contributed by atoms with Gasteiger partial charge in [-0.05, 0) is 42.5 Å². The van der Waals surface area contributed by atoms with Crippen LogP contribution >= 0.6 is 23.2 Å². The molecule has 2 nitrogen and oxygen atoms in total. The van der Waals surface area contributed by atoms with Crippen molar-refractivity contribution in [2.24, 2.45) is 0 Å². The van der Waals surface area contributed by atoms with Crippen LogP contribution in [-0.2, 0) is 11.2 Å². The molecule has 17 heavy (non-hydrogen) atoms. The van der Waals surface area contributed by atoms with E-state index in [1.54, 1.807) is 12.1 Å². The summed E-state index contributed by atoms with van der Waals surface area (Å²) >= 11 is 11.9. The number of hydrogen-bond acceptors (Lipinski definition) is 2. The Morgan fingerprint density at radius 1 is 1.24 bits per heavy atom. The van der Waals surface area contributed by atoms with Crippen LogP contribution in [0.2, 0.25) is 10.0 Å². The summed E-state index contributed by atoms with van der Waals surface area (Å²) in [5.41, 5.74) is 1.65. The highest BCUT2D eigenvalue weighted by atomic mass is 35.5. The predicted octanol–water partition coefficient (Wildman–Crippen LogP) is 4.10. The van der Waals surface area contributed by atoms with Crippen LogP contribution in [0.15, 0.2) is 29.5 Å².